The molecule has 1 aromatic heterocycles. The van der Waals surface area contributed by atoms with Crippen molar-refractivity contribution in [3.05, 3.63) is 25.5 Å². The fraction of sp³-hybridized carbons (Fsp3) is 0.333. The van der Waals surface area contributed by atoms with Crippen molar-refractivity contribution >= 4 is 27.5 Å². The summed E-state index contributed by atoms with van der Waals surface area (Å²) in [6.45, 7) is 1.74. The molecule has 0 unspecified atom stereocenters. The summed E-state index contributed by atoms with van der Waals surface area (Å²) in [5, 5.41) is 4.12. The lowest BCUT2D eigenvalue weighted by atomic mass is 10.3. The third kappa shape index (κ3) is 1.46. The molecule has 0 aliphatic carbocycles. The molecule has 0 saturated heterocycles. The minimum Gasteiger partial charge on any atom is -0.267 e. The summed E-state index contributed by atoms with van der Waals surface area (Å²) in [5.41, 5.74) is 0.502. The molecule has 3 nitrogen and oxygen atoms in total. The maximum atomic E-state index is 11.1. The standard InChI is InChI=1S/C6H6BrClN2O/c1-3-4(7)6(11)10(2)9-5(3)8/h1-2H3. The first kappa shape index (κ1) is 8.74. The van der Waals surface area contributed by atoms with Crippen LogP contribution in [0.15, 0.2) is 9.27 Å². The number of hydrogen-bond acceptors (Lipinski definition) is 2. The molecule has 0 aliphatic heterocycles. The van der Waals surface area contributed by atoms with Gasteiger partial charge in [-0.05, 0) is 22.9 Å². The number of rotatable bonds is 0. The average Bonchev–Trinajstić information content (AvgIpc) is 1.97. The predicted molar refractivity (Wildman–Crippen MR) is 46.9 cm³/mol. The van der Waals surface area contributed by atoms with Gasteiger partial charge in [0.2, 0.25) is 0 Å². The SMILES string of the molecule is Cc1c(Cl)nn(C)c(=O)c1Br. The van der Waals surface area contributed by atoms with Gasteiger partial charge in [-0.1, -0.05) is 11.6 Å². The second-order valence-electron chi connectivity index (χ2n) is 2.16. The Hall–Kier alpha value is -0.350. The number of hydrogen-bond donors (Lipinski definition) is 0. The van der Waals surface area contributed by atoms with Crippen LogP contribution < -0.4 is 5.56 Å². The first-order valence-corrected chi connectivity index (χ1v) is 4.10. The summed E-state index contributed by atoms with van der Waals surface area (Å²) in [5.74, 6) is 0. The number of nitrogens with zero attached hydrogens (tertiary/aromatic N) is 2. The van der Waals surface area contributed by atoms with Crippen molar-refractivity contribution in [1.82, 2.24) is 9.78 Å². The average molecular weight is 237 g/mol. The summed E-state index contributed by atoms with van der Waals surface area (Å²) in [4.78, 5) is 11.1. The Morgan fingerprint density at radius 2 is 2.18 bits per heavy atom. The van der Waals surface area contributed by atoms with Gasteiger partial charge < -0.3 is 0 Å². The molecule has 0 amide bonds. The summed E-state index contributed by atoms with van der Waals surface area (Å²) in [6.07, 6.45) is 0. The molecule has 0 fully saturated rings. The molecule has 5 heteroatoms. The Bertz CT molecular complexity index is 347. The van der Waals surface area contributed by atoms with Gasteiger partial charge in [0.05, 0.1) is 4.47 Å². The number of aryl methyl sites for hydroxylation is 1. The van der Waals surface area contributed by atoms with Crippen molar-refractivity contribution in [3.63, 3.8) is 0 Å². The summed E-state index contributed by atoms with van der Waals surface area (Å²) in [6, 6.07) is 0. The fourth-order valence-electron chi connectivity index (χ4n) is 0.645. The second-order valence-corrected chi connectivity index (χ2v) is 3.31. The lowest BCUT2D eigenvalue weighted by molar-refractivity contribution is 0.698. The van der Waals surface area contributed by atoms with E-state index in [2.05, 4.69) is 21.0 Å². The summed E-state index contributed by atoms with van der Waals surface area (Å²) < 4.78 is 1.67. The molecule has 1 rings (SSSR count). The molecule has 0 aliphatic rings. The lowest BCUT2D eigenvalue weighted by Crippen LogP contribution is -2.21. The third-order valence-electron chi connectivity index (χ3n) is 1.36. The zero-order chi connectivity index (χ0) is 8.59. The van der Waals surface area contributed by atoms with Gasteiger partial charge in [0, 0.05) is 12.6 Å². The first-order chi connectivity index (χ1) is 5.04. The Labute approximate surface area is 77.1 Å². The molecule has 1 aromatic rings. The normalized spacial score (nSPS) is 10.2. The fourth-order valence-corrected chi connectivity index (χ4v) is 1.41. The molecule has 0 radical (unpaired) electrons. The molecule has 0 atom stereocenters. The maximum absolute atomic E-state index is 11.1. The van der Waals surface area contributed by atoms with E-state index in [4.69, 9.17) is 11.6 Å². The molecule has 60 valence electrons. The minimum absolute atomic E-state index is 0.174. The highest BCUT2D eigenvalue weighted by atomic mass is 79.9. The zero-order valence-electron chi connectivity index (χ0n) is 6.06. The zero-order valence-corrected chi connectivity index (χ0v) is 8.40. The molecule has 1 heterocycles. The Balaban J connectivity index is 3.59. The maximum Gasteiger partial charge on any atom is 0.281 e. The van der Waals surface area contributed by atoms with Gasteiger partial charge in [0.15, 0.2) is 5.15 Å². The van der Waals surface area contributed by atoms with Crippen LogP contribution in [-0.2, 0) is 7.05 Å². The molecular formula is C6H6BrClN2O. The molecule has 0 spiro atoms. The third-order valence-corrected chi connectivity index (χ3v) is 2.65. The first-order valence-electron chi connectivity index (χ1n) is 2.93. The van der Waals surface area contributed by atoms with Gasteiger partial charge in [-0.25, -0.2) is 4.68 Å². The Morgan fingerprint density at radius 1 is 1.64 bits per heavy atom. The topological polar surface area (TPSA) is 34.9 Å². The molecule has 11 heavy (non-hydrogen) atoms. The van der Waals surface area contributed by atoms with Gasteiger partial charge in [-0.3, -0.25) is 4.79 Å². The van der Waals surface area contributed by atoms with Crippen molar-refractivity contribution in [2.45, 2.75) is 6.92 Å². The van der Waals surface area contributed by atoms with Crippen LogP contribution in [-0.4, -0.2) is 9.78 Å². The van der Waals surface area contributed by atoms with Gasteiger partial charge in [-0.15, -0.1) is 0 Å². The van der Waals surface area contributed by atoms with Crippen molar-refractivity contribution in [3.8, 4) is 0 Å². The van der Waals surface area contributed by atoms with E-state index in [1.165, 1.54) is 4.68 Å². The van der Waals surface area contributed by atoms with E-state index in [0.717, 1.165) is 0 Å². The smallest absolute Gasteiger partial charge is 0.267 e. The van der Waals surface area contributed by atoms with E-state index in [1.54, 1.807) is 14.0 Å². The Morgan fingerprint density at radius 3 is 2.73 bits per heavy atom. The minimum atomic E-state index is -0.174. The van der Waals surface area contributed by atoms with E-state index in [9.17, 15) is 4.79 Å². The van der Waals surface area contributed by atoms with E-state index in [-0.39, 0.29) is 5.56 Å². The van der Waals surface area contributed by atoms with Crippen molar-refractivity contribution in [2.24, 2.45) is 7.05 Å². The molecule has 0 aromatic carbocycles. The quantitative estimate of drug-likeness (QED) is 0.685. The van der Waals surface area contributed by atoms with Crippen LogP contribution in [0.3, 0.4) is 0 Å². The second kappa shape index (κ2) is 2.95. The van der Waals surface area contributed by atoms with Crippen molar-refractivity contribution in [1.29, 1.82) is 0 Å². The van der Waals surface area contributed by atoms with E-state index < -0.39 is 0 Å². The van der Waals surface area contributed by atoms with E-state index in [1.807, 2.05) is 0 Å². The molecule has 0 saturated carbocycles. The monoisotopic (exact) mass is 236 g/mol. The highest BCUT2D eigenvalue weighted by Gasteiger charge is 2.07. The highest BCUT2D eigenvalue weighted by Crippen LogP contribution is 2.16. The van der Waals surface area contributed by atoms with Crippen molar-refractivity contribution in [2.75, 3.05) is 0 Å². The van der Waals surface area contributed by atoms with Crippen LogP contribution in [0.5, 0.6) is 0 Å². The number of halogens is 2. The number of aromatic nitrogens is 2. The van der Waals surface area contributed by atoms with Crippen LogP contribution in [0.4, 0.5) is 0 Å². The van der Waals surface area contributed by atoms with Gasteiger partial charge >= 0.3 is 0 Å². The van der Waals surface area contributed by atoms with Crippen LogP contribution in [0.1, 0.15) is 5.56 Å². The summed E-state index contributed by atoms with van der Waals surface area (Å²) in [7, 11) is 1.55. The molecule has 0 N–H and O–H groups in total. The Kier molecular flexibility index (Phi) is 2.34. The van der Waals surface area contributed by atoms with Gasteiger partial charge in [0.1, 0.15) is 0 Å². The predicted octanol–water partition coefficient (Wildman–Crippen LogP) is 1.50. The lowest BCUT2D eigenvalue weighted by Gasteiger charge is -2.01. The van der Waals surface area contributed by atoms with Crippen LogP contribution in [0, 0.1) is 6.92 Å². The van der Waals surface area contributed by atoms with Gasteiger partial charge in [-0.2, -0.15) is 5.10 Å². The van der Waals surface area contributed by atoms with Gasteiger partial charge in [0.25, 0.3) is 5.56 Å². The van der Waals surface area contributed by atoms with E-state index in [0.29, 0.717) is 15.2 Å². The van der Waals surface area contributed by atoms with Crippen LogP contribution >= 0.6 is 27.5 Å². The van der Waals surface area contributed by atoms with Crippen LogP contribution in [0.2, 0.25) is 5.15 Å². The largest absolute Gasteiger partial charge is 0.281 e. The van der Waals surface area contributed by atoms with Crippen LogP contribution in [0.25, 0.3) is 0 Å². The summed E-state index contributed by atoms with van der Waals surface area (Å²) >= 11 is 8.81. The molecular weight excluding hydrogens is 231 g/mol. The highest BCUT2D eigenvalue weighted by molar-refractivity contribution is 9.10. The van der Waals surface area contributed by atoms with E-state index >= 15 is 0 Å². The van der Waals surface area contributed by atoms with Crippen molar-refractivity contribution < 1.29 is 0 Å². The molecule has 0 bridgehead atoms.